The molecule has 2 aromatic rings. The van der Waals surface area contributed by atoms with E-state index in [-0.39, 0.29) is 5.91 Å². The van der Waals surface area contributed by atoms with Crippen molar-refractivity contribution in [3.05, 3.63) is 39.8 Å². The normalized spacial score (nSPS) is 10.4. The first kappa shape index (κ1) is 15.5. The van der Waals surface area contributed by atoms with Crippen molar-refractivity contribution >= 4 is 27.7 Å². The molecule has 0 radical (unpaired) electrons. The summed E-state index contributed by atoms with van der Waals surface area (Å²) in [6.45, 7) is 4.94. The van der Waals surface area contributed by atoms with E-state index in [1.807, 2.05) is 6.92 Å². The maximum absolute atomic E-state index is 12.3. The molecule has 0 saturated carbocycles. The highest BCUT2D eigenvalue weighted by Gasteiger charge is 2.14. The first-order valence-electron chi connectivity index (χ1n) is 6.70. The Morgan fingerprint density at radius 3 is 2.90 bits per heavy atom. The lowest BCUT2D eigenvalue weighted by Crippen LogP contribution is -2.24. The number of nitrogens with zero attached hydrogens (tertiary/aromatic N) is 2. The maximum Gasteiger partial charge on any atom is 0.255 e. The monoisotopic (exact) mass is 352 g/mol. The van der Waals surface area contributed by atoms with Gasteiger partial charge in [-0.05, 0) is 35.3 Å². The molecule has 0 atom stereocenters. The van der Waals surface area contributed by atoms with Crippen LogP contribution in [0.2, 0.25) is 0 Å². The van der Waals surface area contributed by atoms with Crippen molar-refractivity contribution in [2.75, 3.05) is 11.9 Å². The van der Waals surface area contributed by atoms with Crippen molar-refractivity contribution in [2.24, 2.45) is 0 Å². The first-order valence-corrected chi connectivity index (χ1v) is 7.49. The van der Waals surface area contributed by atoms with Crippen LogP contribution in [0.1, 0.15) is 35.2 Å². The quantitative estimate of drug-likeness (QED) is 0.835. The summed E-state index contributed by atoms with van der Waals surface area (Å²) in [5.74, 6) is 0.981. The molecule has 2 aromatic heterocycles. The topological polar surface area (TPSA) is 80.0 Å². The molecule has 6 nitrogen and oxygen atoms in total. The Balaban J connectivity index is 2.08. The molecule has 112 valence electrons. The number of amides is 1. The van der Waals surface area contributed by atoms with Crippen LogP contribution in [0.3, 0.4) is 0 Å². The fraction of sp³-hybridized carbons (Fsp3) is 0.357. The number of aromatic nitrogens is 2. The predicted octanol–water partition coefficient (Wildman–Crippen LogP) is 2.89. The number of aryl methyl sites for hydroxylation is 1. The van der Waals surface area contributed by atoms with Gasteiger partial charge in [0.2, 0.25) is 0 Å². The smallest absolute Gasteiger partial charge is 0.255 e. The summed E-state index contributed by atoms with van der Waals surface area (Å²) in [7, 11) is 0. The van der Waals surface area contributed by atoms with E-state index >= 15 is 0 Å². The fourth-order valence-electron chi connectivity index (χ4n) is 1.76. The van der Waals surface area contributed by atoms with Crippen molar-refractivity contribution in [1.82, 2.24) is 15.5 Å². The van der Waals surface area contributed by atoms with E-state index in [0.29, 0.717) is 23.7 Å². The minimum absolute atomic E-state index is 0.212. The Morgan fingerprint density at radius 2 is 2.24 bits per heavy atom. The van der Waals surface area contributed by atoms with Crippen LogP contribution in [-0.4, -0.2) is 22.6 Å². The van der Waals surface area contributed by atoms with Crippen LogP contribution >= 0.6 is 15.9 Å². The minimum atomic E-state index is -0.212. The molecule has 2 N–H and O–H groups in total. The fourth-order valence-corrected chi connectivity index (χ4v) is 2.09. The summed E-state index contributed by atoms with van der Waals surface area (Å²) in [4.78, 5) is 16.5. The van der Waals surface area contributed by atoms with Gasteiger partial charge in [-0.15, -0.1) is 0 Å². The lowest BCUT2D eigenvalue weighted by Gasteiger charge is -2.10. The molecule has 0 aliphatic heterocycles. The number of carbonyl (C=O) groups is 1. The van der Waals surface area contributed by atoms with Crippen LogP contribution in [0.5, 0.6) is 0 Å². The average Bonchev–Trinajstić information content (AvgIpc) is 2.89. The third kappa shape index (κ3) is 4.29. The highest BCUT2D eigenvalue weighted by atomic mass is 79.9. The number of hydrogen-bond donors (Lipinski definition) is 2. The lowest BCUT2D eigenvalue weighted by molar-refractivity contribution is 0.0947. The van der Waals surface area contributed by atoms with Gasteiger partial charge in [0.05, 0.1) is 17.8 Å². The SMILES string of the molecule is CCCNc1ncc(Br)cc1C(=O)NCc1cc(C)no1. The summed E-state index contributed by atoms with van der Waals surface area (Å²) < 4.78 is 5.82. The van der Waals surface area contributed by atoms with Gasteiger partial charge in [0.15, 0.2) is 5.76 Å². The number of halogens is 1. The molecule has 0 aliphatic carbocycles. The molecule has 21 heavy (non-hydrogen) atoms. The second kappa shape index (κ2) is 7.21. The Labute approximate surface area is 131 Å². The van der Waals surface area contributed by atoms with E-state index in [4.69, 9.17) is 4.52 Å². The van der Waals surface area contributed by atoms with Crippen molar-refractivity contribution in [1.29, 1.82) is 0 Å². The van der Waals surface area contributed by atoms with E-state index in [0.717, 1.165) is 23.1 Å². The van der Waals surface area contributed by atoms with Crippen molar-refractivity contribution in [3.8, 4) is 0 Å². The number of rotatable bonds is 6. The Morgan fingerprint density at radius 1 is 1.43 bits per heavy atom. The second-order valence-electron chi connectivity index (χ2n) is 4.59. The van der Waals surface area contributed by atoms with Gasteiger partial charge in [-0.1, -0.05) is 12.1 Å². The van der Waals surface area contributed by atoms with Gasteiger partial charge in [-0.3, -0.25) is 4.79 Å². The molecule has 0 aromatic carbocycles. The van der Waals surface area contributed by atoms with Crippen LogP contribution < -0.4 is 10.6 Å². The highest BCUT2D eigenvalue weighted by molar-refractivity contribution is 9.10. The molecule has 1 amide bonds. The summed E-state index contributed by atoms with van der Waals surface area (Å²) in [6, 6.07) is 3.53. The van der Waals surface area contributed by atoms with Crippen LogP contribution in [0.25, 0.3) is 0 Å². The zero-order chi connectivity index (χ0) is 15.2. The Bertz CT molecular complexity index is 627. The van der Waals surface area contributed by atoms with Crippen LogP contribution in [-0.2, 0) is 6.54 Å². The molecule has 0 spiro atoms. The minimum Gasteiger partial charge on any atom is -0.369 e. The number of pyridine rings is 1. The van der Waals surface area contributed by atoms with Gasteiger partial charge in [0.25, 0.3) is 5.91 Å². The molecule has 2 heterocycles. The molecule has 0 bridgehead atoms. The molecule has 2 rings (SSSR count). The van der Waals surface area contributed by atoms with Crippen molar-refractivity contribution in [2.45, 2.75) is 26.8 Å². The highest BCUT2D eigenvalue weighted by Crippen LogP contribution is 2.18. The Kier molecular flexibility index (Phi) is 5.32. The molecular formula is C14H17BrN4O2. The van der Waals surface area contributed by atoms with E-state index in [1.165, 1.54) is 0 Å². The van der Waals surface area contributed by atoms with E-state index < -0.39 is 0 Å². The van der Waals surface area contributed by atoms with E-state index in [2.05, 4.69) is 43.6 Å². The van der Waals surface area contributed by atoms with Gasteiger partial charge >= 0.3 is 0 Å². The molecular weight excluding hydrogens is 336 g/mol. The van der Waals surface area contributed by atoms with Crippen molar-refractivity contribution < 1.29 is 9.32 Å². The number of anilines is 1. The van der Waals surface area contributed by atoms with Gasteiger partial charge in [-0.25, -0.2) is 4.98 Å². The molecule has 0 unspecified atom stereocenters. The number of nitrogens with one attached hydrogen (secondary N) is 2. The molecule has 0 fully saturated rings. The standard InChI is InChI=1S/C14H17BrN4O2/c1-3-4-16-13-12(6-10(15)7-17-13)14(20)18-8-11-5-9(2)19-21-11/h5-7H,3-4,8H2,1-2H3,(H,16,17)(H,18,20). The second-order valence-corrected chi connectivity index (χ2v) is 5.51. The van der Waals surface area contributed by atoms with E-state index in [9.17, 15) is 4.79 Å². The van der Waals surface area contributed by atoms with Crippen molar-refractivity contribution in [3.63, 3.8) is 0 Å². The van der Waals surface area contributed by atoms with Gasteiger partial charge in [-0.2, -0.15) is 0 Å². The molecule has 7 heteroatoms. The third-order valence-electron chi connectivity index (χ3n) is 2.74. The summed E-state index contributed by atoms with van der Waals surface area (Å²) in [5, 5.41) is 9.72. The van der Waals surface area contributed by atoms with E-state index in [1.54, 1.807) is 18.3 Å². The average molecular weight is 353 g/mol. The van der Waals surface area contributed by atoms with Gasteiger partial charge in [0.1, 0.15) is 5.82 Å². The maximum atomic E-state index is 12.3. The summed E-state index contributed by atoms with van der Waals surface area (Å²) >= 11 is 3.33. The van der Waals surface area contributed by atoms with Crippen LogP contribution in [0.15, 0.2) is 27.3 Å². The summed E-state index contributed by atoms with van der Waals surface area (Å²) in [6.07, 6.45) is 2.62. The molecule has 0 aliphatic rings. The zero-order valence-electron chi connectivity index (χ0n) is 11.9. The molecule has 0 saturated heterocycles. The lowest BCUT2D eigenvalue weighted by atomic mass is 10.2. The Hall–Kier alpha value is -1.89. The largest absolute Gasteiger partial charge is 0.369 e. The van der Waals surface area contributed by atoms with Crippen LogP contribution in [0.4, 0.5) is 5.82 Å². The van der Waals surface area contributed by atoms with Crippen LogP contribution in [0, 0.1) is 6.92 Å². The summed E-state index contributed by atoms with van der Waals surface area (Å²) in [5.41, 5.74) is 1.28. The number of carbonyl (C=O) groups excluding carboxylic acids is 1. The first-order chi connectivity index (χ1) is 10.1. The zero-order valence-corrected chi connectivity index (χ0v) is 13.5. The van der Waals surface area contributed by atoms with Gasteiger partial charge < -0.3 is 15.2 Å². The predicted molar refractivity (Wildman–Crippen MR) is 83.1 cm³/mol. The number of hydrogen-bond acceptors (Lipinski definition) is 5. The third-order valence-corrected chi connectivity index (χ3v) is 3.18. The van der Waals surface area contributed by atoms with Gasteiger partial charge in [0, 0.05) is 23.3 Å².